The Hall–Kier alpha value is -1.58. The van der Waals surface area contributed by atoms with Gasteiger partial charge in [-0.25, -0.2) is 5.01 Å². The normalized spacial score (nSPS) is 20.6. The van der Waals surface area contributed by atoms with E-state index >= 15 is 0 Å². The number of anilines is 1. The van der Waals surface area contributed by atoms with Gasteiger partial charge in [-0.2, -0.15) is 0 Å². The average Bonchev–Trinajstić information content (AvgIpc) is 2.49. The molecule has 4 nitrogen and oxygen atoms in total. The minimum atomic E-state index is 0.191. The molecule has 0 spiro atoms. The summed E-state index contributed by atoms with van der Waals surface area (Å²) in [5.74, 6) is 0. The second kappa shape index (κ2) is 3.29. The number of aryl methyl sites for hydroxylation is 1. The fourth-order valence-corrected chi connectivity index (χ4v) is 1.48. The molecule has 0 fully saturated rings. The Morgan fingerprint density at radius 3 is 2.50 bits per heavy atom. The Morgan fingerprint density at radius 2 is 1.93 bits per heavy atom. The van der Waals surface area contributed by atoms with Crippen molar-refractivity contribution in [2.75, 3.05) is 12.1 Å². The predicted octanol–water partition coefficient (Wildman–Crippen LogP) is 2.38. The van der Waals surface area contributed by atoms with E-state index in [1.54, 1.807) is 0 Å². The summed E-state index contributed by atoms with van der Waals surface area (Å²) in [6.45, 7) is 4.16. The van der Waals surface area contributed by atoms with Crippen LogP contribution in [0.15, 0.2) is 34.7 Å². The summed E-state index contributed by atoms with van der Waals surface area (Å²) in [6, 6.07) is 8.18. The smallest absolute Gasteiger partial charge is 0.139 e. The van der Waals surface area contributed by atoms with E-state index in [2.05, 4.69) is 36.4 Å². The second-order valence-electron chi connectivity index (χ2n) is 3.52. The van der Waals surface area contributed by atoms with Gasteiger partial charge in [0, 0.05) is 7.05 Å². The van der Waals surface area contributed by atoms with Gasteiger partial charge in [-0.15, -0.1) is 0 Å². The molecule has 1 aliphatic heterocycles. The van der Waals surface area contributed by atoms with Crippen LogP contribution in [0.3, 0.4) is 0 Å². The van der Waals surface area contributed by atoms with Crippen molar-refractivity contribution in [2.45, 2.75) is 20.0 Å². The fourth-order valence-electron chi connectivity index (χ4n) is 1.48. The van der Waals surface area contributed by atoms with E-state index in [9.17, 15) is 0 Å². The third-order valence-corrected chi connectivity index (χ3v) is 2.53. The number of benzene rings is 1. The third-order valence-electron chi connectivity index (χ3n) is 2.53. The van der Waals surface area contributed by atoms with Gasteiger partial charge in [0.1, 0.15) is 6.17 Å². The summed E-state index contributed by atoms with van der Waals surface area (Å²) in [4.78, 5) is 0. The van der Waals surface area contributed by atoms with Gasteiger partial charge in [0.05, 0.1) is 5.69 Å². The lowest BCUT2D eigenvalue weighted by Crippen LogP contribution is -2.33. The van der Waals surface area contributed by atoms with E-state index in [4.69, 9.17) is 0 Å². The first-order valence-electron chi connectivity index (χ1n) is 4.69. The zero-order chi connectivity index (χ0) is 10.1. The van der Waals surface area contributed by atoms with Gasteiger partial charge in [-0.3, -0.25) is 5.01 Å². The van der Waals surface area contributed by atoms with Crippen LogP contribution in [0.25, 0.3) is 0 Å². The molecule has 14 heavy (non-hydrogen) atoms. The van der Waals surface area contributed by atoms with E-state index in [1.165, 1.54) is 5.56 Å². The Morgan fingerprint density at radius 1 is 1.21 bits per heavy atom. The van der Waals surface area contributed by atoms with Crippen molar-refractivity contribution in [1.29, 1.82) is 0 Å². The summed E-state index contributed by atoms with van der Waals surface area (Å²) in [5.41, 5.74) is 2.33. The number of para-hydroxylation sites is 1. The molecule has 0 bridgehead atoms. The SMILES string of the molecule is Cc1ccccc1N1N=NN(C)[C@@H]1C. The maximum atomic E-state index is 4.11. The summed E-state index contributed by atoms with van der Waals surface area (Å²) >= 11 is 0. The van der Waals surface area contributed by atoms with Crippen molar-refractivity contribution >= 4 is 5.69 Å². The second-order valence-corrected chi connectivity index (χ2v) is 3.52. The fraction of sp³-hybridized carbons (Fsp3) is 0.400. The summed E-state index contributed by atoms with van der Waals surface area (Å²) in [7, 11) is 1.92. The van der Waals surface area contributed by atoms with Crippen molar-refractivity contribution in [1.82, 2.24) is 5.01 Å². The van der Waals surface area contributed by atoms with Crippen molar-refractivity contribution in [3.63, 3.8) is 0 Å². The first-order chi connectivity index (χ1) is 6.70. The highest BCUT2D eigenvalue weighted by molar-refractivity contribution is 5.52. The molecule has 2 rings (SSSR count). The third kappa shape index (κ3) is 1.32. The van der Waals surface area contributed by atoms with Gasteiger partial charge in [0.2, 0.25) is 0 Å². The summed E-state index contributed by atoms with van der Waals surface area (Å²) in [6.07, 6.45) is 0.191. The quantitative estimate of drug-likeness (QED) is 0.680. The summed E-state index contributed by atoms with van der Waals surface area (Å²) in [5, 5.41) is 11.9. The molecule has 1 aromatic rings. The van der Waals surface area contributed by atoms with Crippen molar-refractivity contribution in [2.24, 2.45) is 10.4 Å². The number of hydrogen-bond donors (Lipinski definition) is 0. The Balaban J connectivity index is 2.33. The Kier molecular flexibility index (Phi) is 2.11. The minimum absolute atomic E-state index is 0.191. The molecule has 0 saturated carbocycles. The molecule has 0 aliphatic carbocycles. The minimum Gasteiger partial charge on any atom is -0.256 e. The van der Waals surface area contributed by atoms with Crippen molar-refractivity contribution < 1.29 is 0 Å². The molecule has 0 radical (unpaired) electrons. The number of hydrogen-bond acceptors (Lipinski definition) is 4. The zero-order valence-electron chi connectivity index (χ0n) is 8.68. The van der Waals surface area contributed by atoms with Crippen LogP contribution in [0, 0.1) is 6.92 Å². The summed E-state index contributed by atoms with van der Waals surface area (Å²) < 4.78 is 0. The first-order valence-corrected chi connectivity index (χ1v) is 4.69. The van der Waals surface area contributed by atoms with Crippen LogP contribution in [0.1, 0.15) is 12.5 Å². The lowest BCUT2D eigenvalue weighted by molar-refractivity contribution is 0.303. The Bertz CT molecular complexity index is 361. The average molecular weight is 190 g/mol. The number of nitrogens with zero attached hydrogens (tertiary/aromatic N) is 4. The van der Waals surface area contributed by atoms with Gasteiger partial charge in [0.25, 0.3) is 0 Å². The molecular weight excluding hydrogens is 176 g/mol. The zero-order valence-corrected chi connectivity index (χ0v) is 8.68. The van der Waals surface area contributed by atoms with Crippen LogP contribution in [0.2, 0.25) is 0 Å². The molecule has 1 aromatic carbocycles. The van der Waals surface area contributed by atoms with Crippen LogP contribution >= 0.6 is 0 Å². The largest absolute Gasteiger partial charge is 0.256 e. The topological polar surface area (TPSA) is 31.2 Å². The lowest BCUT2D eigenvalue weighted by atomic mass is 10.2. The van der Waals surface area contributed by atoms with Crippen LogP contribution in [0.5, 0.6) is 0 Å². The first kappa shape index (κ1) is 8.99. The van der Waals surface area contributed by atoms with Crippen LogP contribution < -0.4 is 5.01 Å². The highest BCUT2D eigenvalue weighted by Crippen LogP contribution is 2.26. The lowest BCUT2D eigenvalue weighted by Gasteiger charge is -2.23. The van der Waals surface area contributed by atoms with E-state index in [1.807, 2.05) is 29.2 Å². The maximum Gasteiger partial charge on any atom is 0.139 e. The molecule has 0 amide bonds. The molecule has 0 saturated heterocycles. The molecule has 0 aromatic heterocycles. The van der Waals surface area contributed by atoms with E-state index < -0.39 is 0 Å². The van der Waals surface area contributed by atoms with Gasteiger partial charge >= 0.3 is 0 Å². The molecule has 0 unspecified atom stereocenters. The molecule has 74 valence electrons. The highest BCUT2D eigenvalue weighted by atomic mass is 15.8. The Labute approximate surface area is 83.8 Å². The molecule has 4 heteroatoms. The van der Waals surface area contributed by atoms with E-state index in [0.29, 0.717) is 0 Å². The van der Waals surface area contributed by atoms with Gasteiger partial charge < -0.3 is 0 Å². The highest BCUT2D eigenvalue weighted by Gasteiger charge is 2.24. The molecule has 1 heterocycles. The van der Waals surface area contributed by atoms with Crippen molar-refractivity contribution in [3.05, 3.63) is 29.8 Å². The maximum absolute atomic E-state index is 4.11. The van der Waals surface area contributed by atoms with Gasteiger partial charge in [0.15, 0.2) is 0 Å². The van der Waals surface area contributed by atoms with Gasteiger partial charge in [-0.1, -0.05) is 23.4 Å². The molecule has 1 aliphatic rings. The van der Waals surface area contributed by atoms with Crippen LogP contribution in [-0.4, -0.2) is 18.2 Å². The molecular formula is C10H14N4. The van der Waals surface area contributed by atoms with Crippen LogP contribution in [-0.2, 0) is 0 Å². The van der Waals surface area contributed by atoms with E-state index in [0.717, 1.165) is 5.69 Å². The molecule has 0 N–H and O–H groups in total. The van der Waals surface area contributed by atoms with Crippen LogP contribution in [0.4, 0.5) is 5.69 Å². The predicted molar refractivity (Wildman–Crippen MR) is 55.7 cm³/mol. The van der Waals surface area contributed by atoms with Crippen molar-refractivity contribution in [3.8, 4) is 0 Å². The number of rotatable bonds is 1. The van der Waals surface area contributed by atoms with Gasteiger partial charge in [-0.05, 0) is 30.7 Å². The monoisotopic (exact) mass is 190 g/mol. The van der Waals surface area contributed by atoms with E-state index in [-0.39, 0.29) is 6.17 Å². The standard InChI is InChI=1S/C10H14N4/c1-8-6-4-5-7-10(8)14-9(2)13(3)11-12-14/h4-7,9H,1-3H3/t9-/m0/s1. The molecule has 1 atom stereocenters.